The topological polar surface area (TPSA) is 123 Å². The number of urea groups is 2. The highest BCUT2D eigenvalue weighted by Crippen LogP contribution is 2.27. The molecule has 0 aliphatic carbocycles. The molecule has 6 amide bonds. The summed E-state index contributed by atoms with van der Waals surface area (Å²) < 4.78 is 0. The van der Waals surface area contributed by atoms with Gasteiger partial charge in [0.2, 0.25) is 11.8 Å². The first kappa shape index (κ1) is 12.5. The fourth-order valence-corrected chi connectivity index (χ4v) is 2.95. The average molecular weight is 282 g/mol. The number of hydrogen-bond acceptors (Lipinski definition) is 4. The lowest BCUT2D eigenvalue weighted by Crippen LogP contribution is -2.74. The van der Waals surface area contributed by atoms with Gasteiger partial charge in [-0.3, -0.25) is 19.4 Å². The zero-order valence-corrected chi connectivity index (χ0v) is 10.8. The van der Waals surface area contributed by atoms with Crippen molar-refractivity contribution in [2.75, 3.05) is 0 Å². The van der Waals surface area contributed by atoms with E-state index in [9.17, 15) is 19.2 Å². The summed E-state index contributed by atoms with van der Waals surface area (Å²) in [5, 5.41) is 10.3. The lowest BCUT2D eigenvalue weighted by Gasteiger charge is -2.48. The smallest absolute Gasteiger partial charge is 0.314 e. The summed E-state index contributed by atoms with van der Waals surface area (Å²) in [6.07, 6.45) is -2.87. The molecule has 0 aromatic heterocycles. The maximum atomic E-state index is 11.8. The molecule has 4 atom stereocenters. The normalized spacial score (nSPS) is 34.5. The second kappa shape index (κ2) is 3.99. The Morgan fingerprint density at radius 2 is 1.00 bits per heavy atom. The van der Waals surface area contributed by atoms with Crippen molar-refractivity contribution in [2.45, 2.75) is 38.5 Å². The van der Waals surface area contributed by atoms with Crippen molar-refractivity contribution in [2.24, 2.45) is 0 Å². The van der Waals surface area contributed by atoms with Crippen LogP contribution in [0.4, 0.5) is 9.59 Å². The first-order valence-electron chi connectivity index (χ1n) is 6.12. The van der Waals surface area contributed by atoms with E-state index in [0.29, 0.717) is 0 Å². The van der Waals surface area contributed by atoms with E-state index in [0.717, 1.165) is 0 Å². The molecule has 20 heavy (non-hydrogen) atoms. The molecule has 0 radical (unpaired) electrons. The van der Waals surface area contributed by atoms with E-state index in [2.05, 4.69) is 21.3 Å². The van der Waals surface area contributed by atoms with E-state index < -0.39 is 36.7 Å². The first-order valence-corrected chi connectivity index (χ1v) is 6.12. The minimum absolute atomic E-state index is 0.314. The van der Waals surface area contributed by atoms with E-state index in [1.165, 1.54) is 23.6 Å². The standard InChI is InChI=1S/C10H14N6O4/c1-3(17)15-5-7(13-9(19)11-5)16(4(2)18)8-6(15)12-10(20)14-8/h5-8H,1-2H3,(H2,11,13,19)(H2,12,14,20)/t5-,6-,7-,8+/m0/s1. The Morgan fingerprint density at radius 3 is 1.20 bits per heavy atom. The van der Waals surface area contributed by atoms with E-state index in [1.54, 1.807) is 0 Å². The Kier molecular flexibility index (Phi) is 2.49. The van der Waals surface area contributed by atoms with E-state index in [1.807, 2.05) is 0 Å². The number of rotatable bonds is 0. The Hall–Kier alpha value is -2.52. The molecule has 10 nitrogen and oxygen atoms in total. The van der Waals surface area contributed by atoms with Crippen LogP contribution >= 0.6 is 0 Å². The summed E-state index contributed by atoms with van der Waals surface area (Å²) in [7, 11) is 0. The summed E-state index contributed by atoms with van der Waals surface area (Å²) in [5.74, 6) is -0.627. The fraction of sp³-hybridized carbons (Fsp3) is 0.600. The number of amides is 6. The van der Waals surface area contributed by atoms with Crippen LogP contribution in [-0.2, 0) is 9.59 Å². The molecule has 3 rings (SSSR count). The third-order valence-corrected chi connectivity index (χ3v) is 3.64. The van der Waals surface area contributed by atoms with Gasteiger partial charge < -0.3 is 21.3 Å². The van der Waals surface area contributed by atoms with Gasteiger partial charge in [-0.25, -0.2) is 9.59 Å². The van der Waals surface area contributed by atoms with Gasteiger partial charge in [-0.15, -0.1) is 0 Å². The van der Waals surface area contributed by atoms with E-state index >= 15 is 0 Å². The van der Waals surface area contributed by atoms with Gasteiger partial charge in [-0.1, -0.05) is 0 Å². The van der Waals surface area contributed by atoms with Crippen LogP contribution in [0.3, 0.4) is 0 Å². The van der Waals surface area contributed by atoms with Crippen molar-refractivity contribution < 1.29 is 19.2 Å². The molecule has 3 heterocycles. The fourth-order valence-electron chi connectivity index (χ4n) is 2.95. The Morgan fingerprint density at radius 1 is 0.750 bits per heavy atom. The molecule has 0 unspecified atom stereocenters. The zero-order valence-electron chi connectivity index (χ0n) is 10.8. The highest BCUT2D eigenvalue weighted by molar-refractivity contribution is 5.86. The molecular weight excluding hydrogens is 268 g/mol. The SMILES string of the molecule is CC(=O)N1[C@@H]2NC(=O)N[C@H]2N(C(C)=O)[C@H]2NC(=O)N[C@H]21. The van der Waals surface area contributed by atoms with Crippen molar-refractivity contribution in [1.82, 2.24) is 31.1 Å². The van der Waals surface area contributed by atoms with Crippen LogP contribution < -0.4 is 21.3 Å². The first-order chi connectivity index (χ1) is 9.40. The highest BCUT2D eigenvalue weighted by atomic mass is 16.2. The molecular formula is C10H14N6O4. The number of piperazine rings is 1. The molecule has 3 aliphatic heterocycles. The number of nitrogens with zero attached hydrogens (tertiary/aromatic N) is 2. The quantitative estimate of drug-likeness (QED) is 0.396. The number of hydrogen-bond donors (Lipinski definition) is 4. The maximum absolute atomic E-state index is 11.8. The van der Waals surface area contributed by atoms with Gasteiger partial charge in [0.1, 0.15) is 24.7 Å². The van der Waals surface area contributed by atoms with E-state index in [-0.39, 0.29) is 11.8 Å². The largest absolute Gasteiger partial charge is 0.318 e. The molecule has 108 valence electrons. The van der Waals surface area contributed by atoms with Crippen molar-refractivity contribution in [3.05, 3.63) is 0 Å². The molecule has 3 aliphatic rings. The zero-order chi connectivity index (χ0) is 14.6. The predicted octanol–water partition coefficient (Wildman–Crippen LogP) is -2.37. The van der Waals surface area contributed by atoms with Crippen LogP contribution in [0, 0.1) is 0 Å². The molecule has 0 spiro atoms. The molecule has 10 heteroatoms. The molecule has 0 bridgehead atoms. The van der Waals surface area contributed by atoms with Gasteiger partial charge in [-0.2, -0.15) is 0 Å². The lowest BCUT2D eigenvalue weighted by molar-refractivity contribution is -0.157. The second-order valence-electron chi connectivity index (χ2n) is 4.87. The minimum atomic E-state index is -0.717. The number of carbonyl (C=O) groups is 4. The minimum Gasteiger partial charge on any atom is -0.314 e. The highest BCUT2D eigenvalue weighted by Gasteiger charge is 2.56. The maximum Gasteiger partial charge on any atom is 0.318 e. The Balaban J connectivity index is 2.04. The van der Waals surface area contributed by atoms with Crippen molar-refractivity contribution >= 4 is 23.9 Å². The summed E-state index contributed by atoms with van der Waals surface area (Å²) in [6.45, 7) is 2.68. The van der Waals surface area contributed by atoms with Gasteiger partial charge in [0.05, 0.1) is 0 Å². The molecule has 0 saturated carbocycles. The predicted molar refractivity (Wildman–Crippen MR) is 63.5 cm³/mol. The molecule has 0 aromatic rings. The molecule has 3 saturated heterocycles. The molecule has 0 aromatic carbocycles. The van der Waals surface area contributed by atoms with Crippen LogP contribution in [0.25, 0.3) is 0 Å². The summed E-state index contributed by atoms with van der Waals surface area (Å²) >= 11 is 0. The second-order valence-corrected chi connectivity index (χ2v) is 4.87. The third kappa shape index (κ3) is 1.57. The van der Waals surface area contributed by atoms with Crippen LogP contribution in [0.2, 0.25) is 0 Å². The molecule has 3 fully saturated rings. The summed E-state index contributed by atoms with van der Waals surface area (Å²) in [6, 6.07) is -0.937. The van der Waals surface area contributed by atoms with Crippen LogP contribution in [0.1, 0.15) is 13.8 Å². The van der Waals surface area contributed by atoms with Gasteiger partial charge in [-0.05, 0) is 0 Å². The number of carbonyl (C=O) groups excluding carboxylic acids is 4. The molecule has 4 N–H and O–H groups in total. The Labute approximate surface area is 113 Å². The summed E-state index contributed by atoms with van der Waals surface area (Å²) in [4.78, 5) is 49.4. The number of fused-ring (bicyclic) bond motifs is 2. The monoisotopic (exact) mass is 282 g/mol. The lowest BCUT2D eigenvalue weighted by atomic mass is 10.1. The van der Waals surface area contributed by atoms with E-state index in [4.69, 9.17) is 0 Å². The van der Waals surface area contributed by atoms with Crippen molar-refractivity contribution in [1.29, 1.82) is 0 Å². The van der Waals surface area contributed by atoms with Gasteiger partial charge in [0.15, 0.2) is 0 Å². The van der Waals surface area contributed by atoms with Gasteiger partial charge in [0.25, 0.3) is 0 Å². The average Bonchev–Trinajstić information content (AvgIpc) is 2.85. The van der Waals surface area contributed by atoms with Gasteiger partial charge in [0, 0.05) is 13.8 Å². The van der Waals surface area contributed by atoms with Gasteiger partial charge >= 0.3 is 12.1 Å². The Bertz CT molecular complexity index is 448. The van der Waals surface area contributed by atoms with Crippen LogP contribution in [0.5, 0.6) is 0 Å². The third-order valence-electron chi connectivity index (χ3n) is 3.64. The van der Waals surface area contributed by atoms with Crippen LogP contribution in [-0.4, -0.2) is 58.3 Å². The van der Waals surface area contributed by atoms with Crippen LogP contribution in [0.15, 0.2) is 0 Å². The summed E-state index contributed by atoms with van der Waals surface area (Å²) in [5.41, 5.74) is 0. The van der Waals surface area contributed by atoms with Crippen molar-refractivity contribution in [3.63, 3.8) is 0 Å². The van der Waals surface area contributed by atoms with Crippen molar-refractivity contribution in [3.8, 4) is 0 Å². The number of nitrogens with one attached hydrogen (secondary N) is 4.